The van der Waals surface area contributed by atoms with Gasteiger partial charge in [0.1, 0.15) is 0 Å². The predicted octanol–water partition coefficient (Wildman–Crippen LogP) is 5.42. The monoisotopic (exact) mass is 269 g/mol. The minimum Gasteiger partial charge on any atom is -0.414 e. The molecule has 0 amide bonds. The van der Waals surface area contributed by atoms with E-state index in [0.717, 1.165) is 11.8 Å². The van der Waals surface area contributed by atoms with Crippen LogP contribution in [0.15, 0.2) is 0 Å². The molecule has 1 saturated carbocycles. The minimum atomic E-state index is -0.561. The maximum atomic E-state index is 6.44. The fourth-order valence-electron chi connectivity index (χ4n) is 3.38. The van der Waals surface area contributed by atoms with E-state index < -0.39 is 9.04 Å². The normalized spacial score (nSPS) is 21.2. The van der Waals surface area contributed by atoms with Gasteiger partial charge in [0.15, 0.2) is 0 Å². The van der Waals surface area contributed by atoms with Gasteiger partial charge in [-0.25, -0.2) is 0 Å². The molecule has 0 heterocycles. The van der Waals surface area contributed by atoms with Crippen LogP contribution in [-0.2, 0) is 4.43 Å². The number of hydrogen-bond donors (Lipinski definition) is 0. The zero-order chi connectivity index (χ0) is 13.4. The molecule has 2 heteroatoms. The highest BCUT2D eigenvalue weighted by molar-refractivity contribution is 6.48. The Hall–Kier alpha value is 0.177. The van der Waals surface area contributed by atoms with Gasteiger partial charge in [0, 0.05) is 0 Å². The highest BCUT2D eigenvalue weighted by Crippen LogP contribution is 2.34. The summed E-state index contributed by atoms with van der Waals surface area (Å²) in [6.45, 7) is 9.26. The number of rotatable bonds is 8. The molecule has 1 fully saturated rings. The van der Waals surface area contributed by atoms with Crippen molar-refractivity contribution in [2.45, 2.75) is 90.8 Å². The van der Waals surface area contributed by atoms with E-state index in [1.807, 2.05) is 0 Å². The number of hydrogen-bond acceptors (Lipinski definition) is 1. The van der Waals surface area contributed by atoms with Crippen LogP contribution in [0.5, 0.6) is 0 Å². The van der Waals surface area contributed by atoms with E-state index in [-0.39, 0.29) is 0 Å². The van der Waals surface area contributed by atoms with E-state index in [2.05, 4.69) is 26.9 Å². The predicted molar refractivity (Wildman–Crippen MR) is 82.2 cm³/mol. The lowest BCUT2D eigenvalue weighted by Crippen LogP contribution is -2.36. The van der Waals surface area contributed by atoms with Crippen LogP contribution < -0.4 is 0 Å². The first-order valence-corrected chi connectivity index (χ1v) is 10.6. The van der Waals surface area contributed by atoms with Crippen LogP contribution >= 0.6 is 0 Å². The molecular formula is C16H33OSi. The van der Waals surface area contributed by atoms with Gasteiger partial charge in [0.2, 0.25) is 9.04 Å². The van der Waals surface area contributed by atoms with Crippen LogP contribution in [0.25, 0.3) is 0 Å². The summed E-state index contributed by atoms with van der Waals surface area (Å²) in [5.74, 6) is 1.67. The second-order valence-corrected chi connectivity index (χ2v) is 8.25. The first-order chi connectivity index (χ1) is 8.69. The molecule has 0 bridgehead atoms. The molecule has 0 saturated heterocycles. The van der Waals surface area contributed by atoms with Gasteiger partial charge in [-0.15, -0.1) is 0 Å². The summed E-state index contributed by atoms with van der Waals surface area (Å²) >= 11 is 0. The maximum absolute atomic E-state index is 6.44. The third kappa shape index (κ3) is 5.44. The average Bonchev–Trinajstić information content (AvgIpc) is 2.39. The maximum Gasteiger partial charge on any atom is 0.205 e. The van der Waals surface area contributed by atoms with Gasteiger partial charge in [0.05, 0.1) is 6.10 Å². The van der Waals surface area contributed by atoms with E-state index in [4.69, 9.17) is 4.43 Å². The molecular weight excluding hydrogens is 236 g/mol. The molecule has 1 radical (unpaired) electrons. The topological polar surface area (TPSA) is 9.23 Å². The Morgan fingerprint density at radius 2 is 1.78 bits per heavy atom. The summed E-state index contributed by atoms with van der Waals surface area (Å²) in [6, 6.07) is 0. The van der Waals surface area contributed by atoms with Crippen LogP contribution in [-0.4, -0.2) is 15.1 Å². The smallest absolute Gasteiger partial charge is 0.205 e. The van der Waals surface area contributed by atoms with Crippen LogP contribution in [0.2, 0.25) is 13.1 Å². The number of unbranched alkanes of at least 4 members (excludes halogenated alkanes) is 1. The summed E-state index contributed by atoms with van der Waals surface area (Å²) in [4.78, 5) is 0. The fourth-order valence-corrected chi connectivity index (χ4v) is 4.31. The van der Waals surface area contributed by atoms with Crippen LogP contribution in [0.3, 0.4) is 0 Å². The van der Waals surface area contributed by atoms with Gasteiger partial charge < -0.3 is 4.43 Å². The summed E-state index contributed by atoms with van der Waals surface area (Å²) in [5, 5.41) is 0. The van der Waals surface area contributed by atoms with Crippen molar-refractivity contribution in [3.05, 3.63) is 0 Å². The van der Waals surface area contributed by atoms with E-state index in [1.165, 1.54) is 57.8 Å². The Bertz CT molecular complexity index is 199. The first kappa shape index (κ1) is 16.2. The molecule has 0 N–H and O–H groups in total. The molecule has 2 atom stereocenters. The molecule has 1 nitrogen and oxygen atoms in total. The van der Waals surface area contributed by atoms with Gasteiger partial charge in [-0.2, -0.15) is 0 Å². The summed E-state index contributed by atoms with van der Waals surface area (Å²) in [7, 11) is -0.561. The van der Waals surface area contributed by atoms with Crippen LogP contribution in [0, 0.1) is 11.8 Å². The molecule has 0 spiro atoms. The van der Waals surface area contributed by atoms with Crippen LogP contribution in [0.1, 0.15) is 71.6 Å². The second kappa shape index (κ2) is 9.14. The third-order valence-corrected chi connectivity index (χ3v) is 5.15. The molecule has 0 aliphatic heterocycles. The van der Waals surface area contributed by atoms with Crippen molar-refractivity contribution in [1.82, 2.24) is 0 Å². The Labute approximate surface area is 116 Å². The molecule has 1 rings (SSSR count). The first-order valence-electron chi connectivity index (χ1n) is 8.15. The Morgan fingerprint density at radius 3 is 2.28 bits per heavy atom. The molecule has 0 aromatic rings. The minimum absolute atomic E-state index is 0.561. The lowest BCUT2D eigenvalue weighted by molar-refractivity contribution is 0.0478. The Morgan fingerprint density at radius 1 is 1.11 bits per heavy atom. The summed E-state index contributed by atoms with van der Waals surface area (Å²) < 4.78 is 6.44. The zero-order valence-electron chi connectivity index (χ0n) is 13.0. The zero-order valence-corrected chi connectivity index (χ0v) is 14.0. The highest BCUT2D eigenvalue weighted by Gasteiger charge is 2.30. The van der Waals surface area contributed by atoms with Crippen molar-refractivity contribution in [3.63, 3.8) is 0 Å². The molecule has 1 aliphatic carbocycles. The van der Waals surface area contributed by atoms with Crippen molar-refractivity contribution >= 4 is 9.04 Å². The van der Waals surface area contributed by atoms with Crippen molar-refractivity contribution in [2.75, 3.05) is 0 Å². The summed E-state index contributed by atoms with van der Waals surface area (Å²) in [6.07, 6.45) is 13.1. The SMILES string of the molecule is CCCCC(CC)C(O[Si](C)C)C1CCCCC1. The van der Waals surface area contributed by atoms with E-state index in [0.29, 0.717) is 6.10 Å². The molecule has 107 valence electrons. The molecule has 1 aliphatic rings. The Kier molecular flexibility index (Phi) is 8.24. The lowest BCUT2D eigenvalue weighted by Gasteiger charge is -2.37. The van der Waals surface area contributed by atoms with Crippen LogP contribution in [0.4, 0.5) is 0 Å². The second-order valence-electron chi connectivity index (χ2n) is 6.20. The molecule has 2 unspecified atom stereocenters. The molecule has 18 heavy (non-hydrogen) atoms. The quantitative estimate of drug-likeness (QED) is 0.535. The largest absolute Gasteiger partial charge is 0.414 e. The van der Waals surface area contributed by atoms with E-state index in [9.17, 15) is 0 Å². The van der Waals surface area contributed by atoms with E-state index >= 15 is 0 Å². The van der Waals surface area contributed by atoms with Gasteiger partial charge in [-0.1, -0.05) is 52.4 Å². The van der Waals surface area contributed by atoms with Gasteiger partial charge in [-0.05, 0) is 44.2 Å². The van der Waals surface area contributed by atoms with Gasteiger partial charge >= 0.3 is 0 Å². The van der Waals surface area contributed by atoms with Crippen molar-refractivity contribution in [1.29, 1.82) is 0 Å². The van der Waals surface area contributed by atoms with Gasteiger partial charge in [0.25, 0.3) is 0 Å². The van der Waals surface area contributed by atoms with Gasteiger partial charge in [-0.3, -0.25) is 0 Å². The van der Waals surface area contributed by atoms with Crippen molar-refractivity contribution < 1.29 is 4.43 Å². The summed E-state index contributed by atoms with van der Waals surface area (Å²) in [5.41, 5.74) is 0. The molecule has 0 aromatic carbocycles. The Balaban J connectivity index is 2.60. The van der Waals surface area contributed by atoms with E-state index in [1.54, 1.807) is 0 Å². The third-order valence-electron chi connectivity index (χ3n) is 4.40. The molecule has 0 aromatic heterocycles. The standard InChI is InChI=1S/C16H33OSi/c1-5-7-11-14(6-2)16(17-18(3)4)15-12-9-8-10-13-15/h14-16H,5-13H2,1-4H3. The highest BCUT2D eigenvalue weighted by atomic mass is 28.3. The van der Waals surface area contributed by atoms with Crippen molar-refractivity contribution in [3.8, 4) is 0 Å². The van der Waals surface area contributed by atoms with Crippen molar-refractivity contribution in [2.24, 2.45) is 11.8 Å². The lowest BCUT2D eigenvalue weighted by atomic mass is 9.78. The fraction of sp³-hybridized carbons (Fsp3) is 1.00. The average molecular weight is 270 g/mol.